The van der Waals surface area contributed by atoms with Gasteiger partial charge in [0.1, 0.15) is 0 Å². The van der Waals surface area contributed by atoms with Gasteiger partial charge in [0, 0.05) is 18.8 Å². The Kier molecular flexibility index (Phi) is 6.50. The summed E-state index contributed by atoms with van der Waals surface area (Å²) in [6.07, 6.45) is 8.39. The molecule has 3 heteroatoms. The number of allylic oxidation sites excluding steroid dienone is 1. The van der Waals surface area contributed by atoms with Crippen LogP contribution in [0.2, 0.25) is 0 Å². The Morgan fingerprint density at radius 3 is 2.86 bits per heavy atom. The highest BCUT2D eigenvalue weighted by molar-refractivity contribution is 5.81. The van der Waals surface area contributed by atoms with Crippen molar-refractivity contribution in [3.63, 3.8) is 0 Å². The number of amides is 1. The predicted octanol–water partition coefficient (Wildman–Crippen LogP) is 3.83. The first-order valence-corrected chi connectivity index (χ1v) is 8.45. The molecule has 120 valence electrons. The van der Waals surface area contributed by atoms with Gasteiger partial charge in [-0.05, 0) is 63.6 Å². The molecule has 0 saturated carbocycles. The van der Waals surface area contributed by atoms with E-state index in [1.54, 1.807) is 0 Å². The van der Waals surface area contributed by atoms with Gasteiger partial charge in [-0.3, -0.25) is 4.79 Å². The van der Waals surface area contributed by atoms with E-state index in [1.807, 2.05) is 6.07 Å². The van der Waals surface area contributed by atoms with E-state index in [2.05, 4.69) is 48.3 Å². The molecule has 3 nitrogen and oxygen atoms in total. The lowest BCUT2D eigenvalue weighted by atomic mass is 9.97. The Balaban J connectivity index is 1.78. The molecule has 0 aliphatic heterocycles. The maximum atomic E-state index is 12.1. The van der Waals surface area contributed by atoms with Crippen LogP contribution in [0.3, 0.4) is 0 Å². The molecule has 0 saturated heterocycles. The number of carbonyl (C=O) groups excluding carboxylic acids is 1. The van der Waals surface area contributed by atoms with Crippen LogP contribution in [0.15, 0.2) is 35.9 Å². The molecule has 2 rings (SSSR count). The van der Waals surface area contributed by atoms with Crippen molar-refractivity contribution < 1.29 is 4.79 Å². The normalized spacial score (nSPS) is 14.4. The fourth-order valence-electron chi connectivity index (χ4n) is 2.93. The number of hydrogen-bond acceptors (Lipinski definition) is 2. The molecule has 1 aromatic carbocycles. The Labute approximate surface area is 134 Å². The van der Waals surface area contributed by atoms with Crippen molar-refractivity contribution in [1.82, 2.24) is 5.32 Å². The average molecular weight is 300 g/mol. The summed E-state index contributed by atoms with van der Waals surface area (Å²) >= 11 is 0. The molecule has 0 spiro atoms. The van der Waals surface area contributed by atoms with Crippen molar-refractivity contribution in [1.29, 1.82) is 0 Å². The van der Waals surface area contributed by atoms with Crippen LogP contribution in [-0.2, 0) is 4.79 Å². The Morgan fingerprint density at radius 1 is 1.32 bits per heavy atom. The van der Waals surface area contributed by atoms with Crippen LogP contribution in [0.25, 0.3) is 0 Å². The van der Waals surface area contributed by atoms with E-state index >= 15 is 0 Å². The third kappa shape index (κ3) is 5.21. The highest BCUT2D eigenvalue weighted by atomic mass is 16.2. The number of likely N-dealkylation sites (N-methyl/N-ethyl adjacent to an activating group) is 1. The molecule has 0 unspecified atom stereocenters. The van der Waals surface area contributed by atoms with Crippen molar-refractivity contribution >= 4 is 11.6 Å². The van der Waals surface area contributed by atoms with E-state index in [9.17, 15) is 4.79 Å². The number of nitrogens with zero attached hydrogens (tertiary/aromatic N) is 1. The molecule has 1 aliphatic rings. The second-order valence-electron chi connectivity index (χ2n) is 6.06. The van der Waals surface area contributed by atoms with Crippen LogP contribution >= 0.6 is 0 Å². The predicted molar refractivity (Wildman–Crippen MR) is 93.2 cm³/mol. The summed E-state index contributed by atoms with van der Waals surface area (Å²) < 4.78 is 0. The smallest absolute Gasteiger partial charge is 0.239 e. The topological polar surface area (TPSA) is 32.3 Å². The van der Waals surface area contributed by atoms with Crippen molar-refractivity contribution in [2.24, 2.45) is 0 Å². The lowest BCUT2D eigenvalue weighted by Crippen LogP contribution is -2.37. The third-order valence-electron chi connectivity index (χ3n) is 4.24. The lowest BCUT2D eigenvalue weighted by molar-refractivity contribution is -0.119. The SMILES string of the molecule is CCN(CC(=O)NCCC1=CCCCC1)c1cccc(C)c1. The number of anilines is 1. The number of hydrogen-bond donors (Lipinski definition) is 1. The number of benzene rings is 1. The number of nitrogens with one attached hydrogen (secondary N) is 1. The van der Waals surface area contributed by atoms with E-state index in [-0.39, 0.29) is 5.91 Å². The Bertz CT molecular complexity index is 522. The largest absolute Gasteiger partial charge is 0.362 e. The monoisotopic (exact) mass is 300 g/mol. The van der Waals surface area contributed by atoms with Gasteiger partial charge in [-0.25, -0.2) is 0 Å². The highest BCUT2D eigenvalue weighted by Gasteiger charge is 2.10. The van der Waals surface area contributed by atoms with Gasteiger partial charge in [-0.1, -0.05) is 23.8 Å². The van der Waals surface area contributed by atoms with Gasteiger partial charge in [-0.15, -0.1) is 0 Å². The van der Waals surface area contributed by atoms with Gasteiger partial charge in [0.05, 0.1) is 6.54 Å². The Morgan fingerprint density at radius 2 is 2.18 bits per heavy atom. The van der Waals surface area contributed by atoms with Crippen molar-refractivity contribution in [3.05, 3.63) is 41.5 Å². The zero-order chi connectivity index (χ0) is 15.8. The van der Waals surface area contributed by atoms with Crippen LogP contribution in [0, 0.1) is 6.92 Å². The van der Waals surface area contributed by atoms with Crippen molar-refractivity contribution in [2.75, 3.05) is 24.5 Å². The summed E-state index contributed by atoms with van der Waals surface area (Å²) in [4.78, 5) is 14.3. The molecular formula is C19H28N2O. The number of carbonyl (C=O) groups is 1. The van der Waals surface area contributed by atoms with Gasteiger partial charge in [-0.2, -0.15) is 0 Å². The van der Waals surface area contributed by atoms with Gasteiger partial charge in [0.15, 0.2) is 0 Å². The summed E-state index contributed by atoms with van der Waals surface area (Å²) in [5.74, 6) is 0.111. The summed E-state index contributed by atoms with van der Waals surface area (Å²) in [5.41, 5.74) is 3.85. The van der Waals surface area contributed by atoms with Gasteiger partial charge in [0.25, 0.3) is 0 Å². The average Bonchev–Trinajstić information content (AvgIpc) is 2.53. The van der Waals surface area contributed by atoms with E-state index in [1.165, 1.54) is 36.8 Å². The molecule has 22 heavy (non-hydrogen) atoms. The maximum absolute atomic E-state index is 12.1. The molecule has 1 amide bonds. The first-order valence-electron chi connectivity index (χ1n) is 8.45. The fourth-order valence-corrected chi connectivity index (χ4v) is 2.93. The third-order valence-corrected chi connectivity index (χ3v) is 4.24. The minimum atomic E-state index is 0.111. The fraction of sp³-hybridized carbons (Fsp3) is 0.526. The van der Waals surface area contributed by atoms with E-state index in [0.29, 0.717) is 6.54 Å². The minimum Gasteiger partial charge on any atom is -0.362 e. The summed E-state index contributed by atoms with van der Waals surface area (Å²) in [6.45, 7) is 6.19. The first kappa shape index (κ1) is 16.6. The standard InChI is InChI=1S/C19H28N2O/c1-3-21(18-11-7-8-16(2)14-18)15-19(22)20-13-12-17-9-5-4-6-10-17/h7-9,11,14H,3-6,10,12-13,15H2,1-2H3,(H,20,22). The second kappa shape index (κ2) is 8.62. The summed E-state index contributed by atoms with van der Waals surface area (Å²) in [6, 6.07) is 8.32. The van der Waals surface area contributed by atoms with Gasteiger partial charge in [0.2, 0.25) is 5.91 Å². The van der Waals surface area contributed by atoms with Crippen molar-refractivity contribution in [2.45, 2.75) is 46.0 Å². The molecular weight excluding hydrogens is 272 g/mol. The van der Waals surface area contributed by atoms with Crippen molar-refractivity contribution in [3.8, 4) is 0 Å². The highest BCUT2D eigenvalue weighted by Crippen LogP contribution is 2.19. The molecule has 0 bridgehead atoms. The molecule has 0 fully saturated rings. The van der Waals surface area contributed by atoms with Gasteiger partial charge < -0.3 is 10.2 Å². The molecule has 0 atom stereocenters. The molecule has 0 aromatic heterocycles. The molecule has 1 aromatic rings. The molecule has 0 radical (unpaired) electrons. The lowest BCUT2D eigenvalue weighted by Gasteiger charge is -2.23. The van der Waals surface area contributed by atoms with Crippen LogP contribution in [-0.4, -0.2) is 25.5 Å². The van der Waals surface area contributed by atoms with E-state index in [0.717, 1.165) is 25.2 Å². The van der Waals surface area contributed by atoms with Gasteiger partial charge >= 0.3 is 0 Å². The number of aryl methyl sites for hydroxylation is 1. The van der Waals surface area contributed by atoms with E-state index < -0.39 is 0 Å². The number of rotatable bonds is 7. The maximum Gasteiger partial charge on any atom is 0.239 e. The molecule has 1 aliphatic carbocycles. The van der Waals surface area contributed by atoms with Crippen LogP contribution in [0.4, 0.5) is 5.69 Å². The first-order chi connectivity index (χ1) is 10.7. The van der Waals surface area contributed by atoms with Crippen LogP contribution in [0.1, 0.15) is 44.6 Å². The zero-order valence-electron chi connectivity index (χ0n) is 13.9. The Hall–Kier alpha value is -1.77. The van der Waals surface area contributed by atoms with Crippen LogP contribution in [0.5, 0.6) is 0 Å². The minimum absolute atomic E-state index is 0.111. The van der Waals surface area contributed by atoms with E-state index in [4.69, 9.17) is 0 Å². The summed E-state index contributed by atoms with van der Waals surface area (Å²) in [5, 5.41) is 3.06. The zero-order valence-corrected chi connectivity index (χ0v) is 13.9. The second-order valence-corrected chi connectivity index (χ2v) is 6.06. The molecule has 1 N–H and O–H groups in total. The summed E-state index contributed by atoms with van der Waals surface area (Å²) in [7, 11) is 0. The van der Waals surface area contributed by atoms with Crippen LogP contribution < -0.4 is 10.2 Å². The molecule has 0 heterocycles. The quantitative estimate of drug-likeness (QED) is 0.776.